The first-order valence-corrected chi connectivity index (χ1v) is 8.83. The van der Waals surface area contributed by atoms with Crippen LogP contribution in [0.25, 0.3) is 0 Å². The molecule has 2 N–H and O–H groups in total. The van der Waals surface area contributed by atoms with Gasteiger partial charge in [0.05, 0.1) is 4.90 Å². The van der Waals surface area contributed by atoms with Gasteiger partial charge in [0.25, 0.3) is 5.91 Å². The monoisotopic (exact) mass is 312 g/mol. The van der Waals surface area contributed by atoms with Crippen molar-refractivity contribution in [1.29, 1.82) is 0 Å². The molecule has 0 bridgehead atoms. The molecule has 6 heteroatoms. The fourth-order valence-electron chi connectivity index (χ4n) is 1.86. The maximum Gasteiger partial charge on any atom is 0.253 e. The van der Waals surface area contributed by atoms with E-state index in [2.05, 4.69) is 0 Å². The Labute approximate surface area is 127 Å². The SMILES string of the molecule is CC(C)C(N)CCN(C)C(=O)c1cccc(S(C)(=O)=O)c1. The van der Waals surface area contributed by atoms with Crippen LogP contribution < -0.4 is 5.73 Å². The molecule has 0 fully saturated rings. The minimum Gasteiger partial charge on any atom is -0.342 e. The predicted octanol–water partition coefficient (Wildman–Crippen LogP) is 1.54. The minimum atomic E-state index is -3.31. The number of nitrogens with zero attached hydrogens (tertiary/aromatic N) is 1. The van der Waals surface area contributed by atoms with E-state index in [1.54, 1.807) is 24.1 Å². The highest BCUT2D eigenvalue weighted by Crippen LogP contribution is 2.13. The van der Waals surface area contributed by atoms with Gasteiger partial charge < -0.3 is 10.6 Å². The zero-order valence-electron chi connectivity index (χ0n) is 13.0. The lowest BCUT2D eigenvalue weighted by atomic mass is 10.0. The molecule has 0 spiro atoms. The summed E-state index contributed by atoms with van der Waals surface area (Å²) in [4.78, 5) is 14.0. The normalized spacial score (nSPS) is 13.2. The molecule has 0 aliphatic heterocycles. The number of benzene rings is 1. The molecule has 1 aromatic rings. The number of sulfone groups is 1. The van der Waals surface area contributed by atoms with Crippen LogP contribution in [-0.4, -0.2) is 45.1 Å². The van der Waals surface area contributed by atoms with Crippen LogP contribution >= 0.6 is 0 Å². The average Bonchev–Trinajstić information content (AvgIpc) is 2.42. The van der Waals surface area contributed by atoms with Crippen LogP contribution in [0.3, 0.4) is 0 Å². The van der Waals surface area contributed by atoms with E-state index in [0.29, 0.717) is 24.4 Å². The first kappa shape index (κ1) is 17.7. The summed E-state index contributed by atoms with van der Waals surface area (Å²) in [6.07, 6.45) is 1.84. The highest BCUT2D eigenvalue weighted by Gasteiger charge is 2.16. The molecule has 1 atom stereocenters. The number of hydrogen-bond donors (Lipinski definition) is 1. The van der Waals surface area contributed by atoms with Crippen molar-refractivity contribution in [3.63, 3.8) is 0 Å². The van der Waals surface area contributed by atoms with Gasteiger partial charge in [-0.15, -0.1) is 0 Å². The number of amides is 1. The van der Waals surface area contributed by atoms with Crippen molar-refractivity contribution >= 4 is 15.7 Å². The summed E-state index contributed by atoms with van der Waals surface area (Å²) in [7, 11) is -1.62. The zero-order chi connectivity index (χ0) is 16.2. The average molecular weight is 312 g/mol. The van der Waals surface area contributed by atoms with E-state index in [1.807, 2.05) is 13.8 Å². The van der Waals surface area contributed by atoms with Crippen LogP contribution in [0.2, 0.25) is 0 Å². The molecule has 5 nitrogen and oxygen atoms in total. The van der Waals surface area contributed by atoms with E-state index in [1.165, 1.54) is 12.1 Å². The predicted molar refractivity (Wildman–Crippen MR) is 83.9 cm³/mol. The maximum absolute atomic E-state index is 12.3. The highest BCUT2D eigenvalue weighted by molar-refractivity contribution is 7.90. The van der Waals surface area contributed by atoms with Crippen molar-refractivity contribution in [1.82, 2.24) is 4.90 Å². The summed E-state index contributed by atoms with van der Waals surface area (Å²) in [5.41, 5.74) is 6.34. The van der Waals surface area contributed by atoms with E-state index in [-0.39, 0.29) is 16.8 Å². The van der Waals surface area contributed by atoms with E-state index in [9.17, 15) is 13.2 Å². The summed E-state index contributed by atoms with van der Waals surface area (Å²) in [6, 6.07) is 6.15. The molecular weight excluding hydrogens is 288 g/mol. The van der Waals surface area contributed by atoms with Crippen molar-refractivity contribution in [2.45, 2.75) is 31.2 Å². The van der Waals surface area contributed by atoms with Crippen LogP contribution in [0, 0.1) is 5.92 Å². The second-order valence-electron chi connectivity index (χ2n) is 5.72. The van der Waals surface area contributed by atoms with E-state index >= 15 is 0 Å². The Morgan fingerprint density at radius 2 is 1.95 bits per heavy atom. The second-order valence-corrected chi connectivity index (χ2v) is 7.74. The Morgan fingerprint density at radius 3 is 2.48 bits per heavy atom. The molecule has 0 aliphatic rings. The third kappa shape index (κ3) is 5.13. The van der Waals surface area contributed by atoms with Crippen molar-refractivity contribution in [3.05, 3.63) is 29.8 Å². The lowest BCUT2D eigenvalue weighted by molar-refractivity contribution is 0.0789. The molecule has 0 aromatic heterocycles. The van der Waals surface area contributed by atoms with Gasteiger partial charge in [-0.2, -0.15) is 0 Å². The van der Waals surface area contributed by atoms with E-state index in [0.717, 1.165) is 6.26 Å². The molecular formula is C15H24N2O3S. The maximum atomic E-state index is 12.3. The first-order chi connectivity index (χ1) is 9.62. The lowest BCUT2D eigenvalue weighted by Crippen LogP contribution is -2.34. The summed E-state index contributed by atoms with van der Waals surface area (Å²) in [5.74, 6) is 0.165. The molecule has 118 valence electrons. The van der Waals surface area contributed by atoms with Crippen LogP contribution in [0.15, 0.2) is 29.2 Å². The van der Waals surface area contributed by atoms with Crippen LogP contribution in [0.1, 0.15) is 30.6 Å². The highest BCUT2D eigenvalue weighted by atomic mass is 32.2. The third-order valence-electron chi connectivity index (χ3n) is 3.51. The number of carbonyl (C=O) groups is 1. The van der Waals surface area contributed by atoms with Gasteiger partial charge in [0.2, 0.25) is 0 Å². The lowest BCUT2D eigenvalue weighted by Gasteiger charge is -2.21. The molecule has 1 amide bonds. The number of carbonyl (C=O) groups excluding carboxylic acids is 1. The standard InChI is InChI=1S/C15H24N2O3S/c1-11(2)14(16)8-9-17(3)15(18)12-6-5-7-13(10-12)21(4,19)20/h5-7,10-11,14H,8-9,16H2,1-4H3. The molecule has 0 saturated carbocycles. The van der Waals surface area contributed by atoms with Crippen molar-refractivity contribution in [2.24, 2.45) is 11.7 Å². The second kappa shape index (κ2) is 7.04. The van der Waals surface area contributed by atoms with Crippen LogP contribution in [-0.2, 0) is 9.84 Å². The molecule has 0 aliphatic carbocycles. The largest absolute Gasteiger partial charge is 0.342 e. The summed E-state index contributed by atoms with van der Waals surface area (Å²) < 4.78 is 23.1. The zero-order valence-corrected chi connectivity index (χ0v) is 13.9. The van der Waals surface area contributed by atoms with Gasteiger partial charge in [-0.25, -0.2) is 8.42 Å². The fraction of sp³-hybridized carbons (Fsp3) is 0.533. The summed E-state index contributed by atoms with van der Waals surface area (Å²) in [6.45, 7) is 4.63. The van der Waals surface area contributed by atoms with Gasteiger partial charge in [0.15, 0.2) is 9.84 Å². The van der Waals surface area contributed by atoms with Crippen molar-refractivity contribution < 1.29 is 13.2 Å². The topological polar surface area (TPSA) is 80.5 Å². The van der Waals surface area contributed by atoms with Gasteiger partial charge in [-0.3, -0.25) is 4.79 Å². The van der Waals surface area contributed by atoms with Gasteiger partial charge in [0, 0.05) is 31.5 Å². The minimum absolute atomic E-state index is 0.0441. The number of hydrogen-bond acceptors (Lipinski definition) is 4. The molecule has 1 aromatic carbocycles. The molecule has 0 heterocycles. The Hall–Kier alpha value is -1.40. The Bertz CT molecular complexity index is 597. The Morgan fingerprint density at radius 1 is 1.33 bits per heavy atom. The molecule has 0 radical (unpaired) electrons. The summed E-state index contributed by atoms with van der Waals surface area (Å²) in [5, 5.41) is 0. The van der Waals surface area contributed by atoms with Gasteiger partial charge in [-0.05, 0) is 30.5 Å². The van der Waals surface area contributed by atoms with Crippen molar-refractivity contribution in [2.75, 3.05) is 19.8 Å². The Balaban J connectivity index is 2.79. The van der Waals surface area contributed by atoms with Gasteiger partial charge >= 0.3 is 0 Å². The smallest absolute Gasteiger partial charge is 0.253 e. The molecule has 21 heavy (non-hydrogen) atoms. The molecule has 0 saturated heterocycles. The molecule has 1 rings (SSSR count). The van der Waals surface area contributed by atoms with E-state index < -0.39 is 9.84 Å². The first-order valence-electron chi connectivity index (χ1n) is 6.94. The quantitative estimate of drug-likeness (QED) is 0.864. The van der Waals surface area contributed by atoms with Gasteiger partial charge in [0.1, 0.15) is 0 Å². The van der Waals surface area contributed by atoms with Crippen LogP contribution in [0.5, 0.6) is 0 Å². The number of rotatable bonds is 6. The van der Waals surface area contributed by atoms with E-state index in [4.69, 9.17) is 5.73 Å². The molecule has 1 unspecified atom stereocenters. The number of nitrogens with two attached hydrogens (primary N) is 1. The van der Waals surface area contributed by atoms with Crippen LogP contribution in [0.4, 0.5) is 0 Å². The van der Waals surface area contributed by atoms with Gasteiger partial charge in [-0.1, -0.05) is 19.9 Å². The fourth-order valence-corrected chi connectivity index (χ4v) is 2.52. The van der Waals surface area contributed by atoms with Crippen molar-refractivity contribution in [3.8, 4) is 0 Å². The summed E-state index contributed by atoms with van der Waals surface area (Å²) >= 11 is 0. The third-order valence-corrected chi connectivity index (χ3v) is 4.62. The Kier molecular flexibility index (Phi) is 5.92.